The summed E-state index contributed by atoms with van der Waals surface area (Å²) in [4.78, 5) is -0.135. The van der Waals surface area contributed by atoms with Crippen LogP contribution in [0.5, 0.6) is 5.75 Å². The average Bonchev–Trinajstić information content (AvgIpc) is 2.62. The van der Waals surface area contributed by atoms with Gasteiger partial charge < -0.3 is 5.11 Å². The summed E-state index contributed by atoms with van der Waals surface area (Å²) in [5, 5.41) is 9.68. The summed E-state index contributed by atoms with van der Waals surface area (Å²) in [6, 6.07) is 12.5. The third-order valence-electron chi connectivity index (χ3n) is 4.68. The van der Waals surface area contributed by atoms with Gasteiger partial charge in [0.2, 0.25) is 0 Å². The number of rotatable bonds is 2. The predicted molar refractivity (Wildman–Crippen MR) is 98.0 cm³/mol. The van der Waals surface area contributed by atoms with Crippen LogP contribution in [0.25, 0.3) is 11.1 Å². The molecule has 138 valence electrons. The fraction of sp³-hybridized carbons (Fsp3) is 0.100. The van der Waals surface area contributed by atoms with Gasteiger partial charge in [0.05, 0.1) is 16.6 Å². The van der Waals surface area contributed by atoms with Crippen molar-refractivity contribution in [1.29, 1.82) is 0 Å². The van der Waals surface area contributed by atoms with Gasteiger partial charge in [0.25, 0.3) is 10.0 Å². The SMILES string of the molecule is CC1c2cc(F)ccc2-c2ccc(F)cc2N1S(=O)(=O)c1cccc(O)c1. The van der Waals surface area contributed by atoms with Gasteiger partial charge in [-0.1, -0.05) is 12.1 Å². The van der Waals surface area contributed by atoms with E-state index in [0.717, 1.165) is 16.4 Å². The van der Waals surface area contributed by atoms with E-state index in [4.69, 9.17) is 0 Å². The second-order valence-electron chi connectivity index (χ2n) is 6.37. The van der Waals surface area contributed by atoms with E-state index < -0.39 is 27.7 Å². The highest BCUT2D eigenvalue weighted by Crippen LogP contribution is 2.47. The Morgan fingerprint density at radius 1 is 0.926 bits per heavy atom. The number of fused-ring (bicyclic) bond motifs is 3. The van der Waals surface area contributed by atoms with E-state index in [1.165, 1.54) is 42.5 Å². The van der Waals surface area contributed by atoms with Gasteiger partial charge in [-0.3, -0.25) is 4.31 Å². The van der Waals surface area contributed by atoms with Crippen molar-refractivity contribution >= 4 is 15.7 Å². The summed E-state index contributed by atoms with van der Waals surface area (Å²) in [6.45, 7) is 1.62. The van der Waals surface area contributed by atoms with Gasteiger partial charge in [-0.05, 0) is 60.5 Å². The molecule has 1 aliphatic heterocycles. The first kappa shape index (κ1) is 17.5. The van der Waals surface area contributed by atoms with Crippen molar-refractivity contribution in [1.82, 2.24) is 0 Å². The zero-order valence-corrected chi connectivity index (χ0v) is 15.0. The minimum Gasteiger partial charge on any atom is -0.508 e. The van der Waals surface area contributed by atoms with Crippen molar-refractivity contribution in [2.45, 2.75) is 17.9 Å². The van der Waals surface area contributed by atoms with Gasteiger partial charge in [-0.25, -0.2) is 17.2 Å². The van der Waals surface area contributed by atoms with Crippen molar-refractivity contribution in [3.63, 3.8) is 0 Å². The molecule has 0 amide bonds. The lowest BCUT2D eigenvalue weighted by Gasteiger charge is -2.37. The van der Waals surface area contributed by atoms with E-state index in [1.54, 1.807) is 13.0 Å². The van der Waals surface area contributed by atoms with Gasteiger partial charge in [-0.2, -0.15) is 0 Å². The van der Waals surface area contributed by atoms with Crippen LogP contribution in [0.1, 0.15) is 18.5 Å². The third-order valence-corrected chi connectivity index (χ3v) is 6.56. The molecule has 7 heteroatoms. The second kappa shape index (κ2) is 6.06. The maximum atomic E-state index is 14.0. The average molecular weight is 387 g/mol. The van der Waals surface area contributed by atoms with Crippen LogP contribution in [0, 0.1) is 11.6 Å². The summed E-state index contributed by atoms with van der Waals surface area (Å²) in [5.41, 5.74) is 1.80. The van der Waals surface area contributed by atoms with Crippen LogP contribution in [-0.4, -0.2) is 13.5 Å². The first-order chi connectivity index (χ1) is 12.8. The minimum absolute atomic E-state index is 0.135. The number of anilines is 1. The standard InChI is InChI=1S/C20H15F2NO3S/c1-12-19-9-13(21)5-7-17(19)18-8-6-14(22)10-20(18)23(12)27(25,26)16-4-2-3-15(24)11-16/h2-12,24H,1H3. The fourth-order valence-electron chi connectivity index (χ4n) is 3.47. The monoisotopic (exact) mass is 387 g/mol. The van der Waals surface area contributed by atoms with Gasteiger partial charge >= 0.3 is 0 Å². The lowest BCUT2D eigenvalue weighted by molar-refractivity contribution is 0.473. The van der Waals surface area contributed by atoms with E-state index in [-0.39, 0.29) is 16.3 Å². The molecule has 0 aliphatic carbocycles. The Hall–Kier alpha value is -2.93. The van der Waals surface area contributed by atoms with E-state index in [9.17, 15) is 22.3 Å². The molecule has 4 nitrogen and oxygen atoms in total. The molecule has 4 rings (SSSR count). The van der Waals surface area contributed by atoms with Crippen molar-refractivity contribution in [2.75, 3.05) is 4.31 Å². The highest BCUT2D eigenvalue weighted by atomic mass is 32.2. The lowest BCUT2D eigenvalue weighted by Crippen LogP contribution is -2.36. The van der Waals surface area contributed by atoms with Crippen LogP contribution in [-0.2, 0) is 10.0 Å². The number of aromatic hydroxyl groups is 1. The maximum Gasteiger partial charge on any atom is 0.265 e. The highest BCUT2D eigenvalue weighted by molar-refractivity contribution is 7.92. The minimum atomic E-state index is -4.14. The summed E-state index contributed by atoms with van der Waals surface area (Å²) < 4.78 is 55.5. The van der Waals surface area contributed by atoms with E-state index in [0.29, 0.717) is 16.7 Å². The zero-order valence-electron chi connectivity index (χ0n) is 14.2. The topological polar surface area (TPSA) is 57.6 Å². The molecule has 1 unspecified atom stereocenters. The molecule has 0 radical (unpaired) electrons. The molecule has 0 saturated heterocycles. The van der Waals surface area contributed by atoms with E-state index in [1.807, 2.05) is 0 Å². The quantitative estimate of drug-likeness (QED) is 0.699. The Balaban J connectivity index is 2.00. The normalized spacial score (nSPS) is 16.0. The number of phenols is 1. The number of hydrogen-bond donors (Lipinski definition) is 1. The van der Waals surface area contributed by atoms with E-state index in [2.05, 4.69) is 0 Å². The van der Waals surface area contributed by atoms with Crippen molar-refractivity contribution in [2.24, 2.45) is 0 Å². The van der Waals surface area contributed by atoms with Crippen LogP contribution in [0.2, 0.25) is 0 Å². The largest absolute Gasteiger partial charge is 0.508 e. The van der Waals surface area contributed by atoms with Gasteiger partial charge in [0, 0.05) is 11.6 Å². The molecule has 0 saturated carbocycles. The van der Waals surface area contributed by atoms with Gasteiger partial charge in [-0.15, -0.1) is 0 Å². The predicted octanol–water partition coefficient (Wildman–Crippen LogP) is 4.61. The molecular weight excluding hydrogens is 372 g/mol. The van der Waals surface area contributed by atoms with Crippen molar-refractivity contribution in [3.8, 4) is 16.9 Å². The van der Waals surface area contributed by atoms with Crippen LogP contribution < -0.4 is 4.31 Å². The Bertz CT molecular complexity index is 1160. The van der Waals surface area contributed by atoms with Crippen molar-refractivity contribution in [3.05, 3.63) is 77.9 Å². The summed E-state index contributed by atoms with van der Waals surface area (Å²) in [7, 11) is -4.14. The molecule has 1 heterocycles. The molecule has 0 bridgehead atoms. The van der Waals surface area contributed by atoms with E-state index >= 15 is 0 Å². The molecule has 3 aromatic rings. The fourth-order valence-corrected chi connectivity index (χ4v) is 5.16. The highest BCUT2D eigenvalue weighted by Gasteiger charge is 2.37. The van der Waals surface area contributed by atoms with Crippen LogP contribution in [0.4, 0.5) is 14.5 Å². The molecule has 27 heavy (non-hydrogen) atoms. The summed E-state index contributed by atoms with van der Waals surface area (Å²) in [5.74, 6) is -1.27. The van der Waals surface area contributed by atoms with Crippen LogP contribution in [0.15, 0.2) is 65.6 Å². The Kier molecular flexibility index (Phi) is 3.92. The summed E-state index contributed by atoms with van der Waals surface area (Å²) in [6.07, 6.45) is 0. The Morgan fingerprint density at radius 3 is 2.30 bits per heavy atom. The number of sulfonamides is 1. The first-order valence-electron chi connectivity index (χ1n) is 8.22. The molecule has 1 aliphatic rings. The zero-order chi connectivity index (χ0) is 19.3. The molecule has 1 N–H and O–H groups in total. The second-order valence-corrected chi connectivity index (χ2v) is 8.18. The summed E-state index contributed by atoms with van der Waals surface area (Å²) >= 11 is 0. The van der Waals surface area contributed by atoms with Crippen molar-refractivity contribution < 1.29 is 22.3 Å². The number of benzene rings is 3. The number of phenolic OH excluding ortho intramolecular Hbond substituents is 1. The molecule has 1 atom stereocenters. The molecular formula is C20H15F2NO3S. The third kappa shape index (κ3) is 2.75. The first-order valence-corrected chi connectivity index (χ1v) is 9.66. The smallest absolute Gasteiger partial charge is 0.265 e. The van der Waals surface area contributed by atoms with Gasteiger partial charge in [0.15, 0.2) is 0 Å². The molecule has 0 spiro atoms. The Labute approximate surface area is 155 Å². The molecule has 3 aromatic carbocycles. The number of halogens is 2. The number of hydrogen-bond acceptors (Lipinski definition) is 3. The number of nitrogens with zero attached hydrogens (tertiary/aromatic N) is 1. The van der Waals surface area contributed by atoms with Gasteiger partial charge in [0.1, 0.15) is 17.4 Å². The molecule has 0 aromatic heterocycles. The molecule has 0 fully saturated rings. The lowest BCUT2D eigenvalue weighted by atomic mass is 9.90. The maximum absolute atomic E-state index is 14.0. The van der Waals surface area contributed by atoms with Crippen LogP contribution in [0.3, 0.4) is 0 Å². The Morgan fingerprint density at radius 2 is 1.59 bits per heavy atom. The van der Waals surface area contributed by atoms with Crippen LogP contribution >= 0.6 is 0 Å².